The van der Waals surface area contributed by atoms with Gasteiger partial charge in [-0.1, -0.05) is 31.5 Å². The van der Waals surface area contributed by atoms with Crippen LogP contribution in [0.3, 0.4) is 0 Å². The molecule has 240 valence electrons. The van der Waals surface area contributed by atoms with Crippen molar-refractivity contribution in [2.75, 3.05) is 6.54 Å². The minimum atomic E-state index is -4.54. The summed E-state index contributed by atoms with van der Waals surface area (Å²) in [5.74, 6) is -1.77. The summed E-state index contributed by atoms with van der Waals surface area (Å²) in [5, 5.41) is 6.09. The second-order valence-corrected chi connectivity index (χ2v) is 13.5. The highest BCUT2D eigenvalue weighted by Gasteiger charge is 2.47. The first-order valence-corrected chi connectivity index (χ1v) is 15.5. The van der Waals surface area contributed by atoms with E-state index in [0.717, 1.165) is 26.8 Å². The van der Waals surface area contributed by atoms with Crippen molar-refractivity contribution < 1.29 is 44.7 Å². The molecule has 1 aromatic carbocycles. The molecule has 0 saturated heterocycles. The molecule has 3 rings (SSSR count). The maximum atomic E-state index is 13.4. The molecule has 2 aromatic rings. The Bertz CT molecular complexity index is 1440. The lowest BCUT2D eigenvalue weighted by molar-refractivity contribution is -0.211. The largest absolute Gasteiger partial charge is 0.434 e. The van der Waals surface area contributed by atoms with E-state index >= 15 is 0 Å². The predicted molar refractivity (Wildman–Crippen MR) is 149 cm³/mol. The number of hydrogen-bond acceptors (Lipinski definition) is 6. The molecule has 0 radical (unpaired) electrons. The van der Waals surface area contributed by atoms with Crippen LogP contribution in [-0.4, -0.2) is 54.6 Å². The Hall–Kier alpha value is -2.94. The zero-order chi connectivity index (χ0) is 32.3. The average molecular weight is 657 g/mol. The second-order valence-electron chi connectivity index (χ2n) is 11.2. The van der Waals surface area contributed by atoms with Gasteiger partial charge in [-0.2, -0.15) is 27.1 Å². The van der Waals surface area contributed by atoms with Gasteiger partial charge in [0.05, 0.1) is 21.4 Å². The molecule has 0 unspecified atom stereocenters. The van der Waals surface area contributed by atoms with E-state index in [0.29, 0.717) is 25.7 Å². The molecule has 0 atom stereocenters. The summed E-state index contributed by atoms with van der Waals surface area (Å²) in [6, 6.07) is 3.76. The monoisotopic (exact) mass is 656 g/mol. The van der Waals surface area contributed by atoms with E-state index in [1.807, 2.05) is 4.72 Å². The van der Waals surface area contributed by atoms with Gasteiger partial charge in [-0.25, -0.2) is 8.42 Å². The number of nitrogens with one attached hydrogen (secondary N) is 2. The Morgan fingerprint density at radius 2 is 1.79 bits per heavy atom. The first-order valence-electron chi connectivity index (χ1n) is 13.6. The van der Waals surface area contributed by atoms with Crippen LogP contribution in [0.2, 0.25) is 5.02 Å². The summed E-state index contributed by atoms with van der Waals surface area (Å²) < 4.78 is 99.4. The first-order chi connectivity index (χ1) is 19.9. The van der Waals surface area contributed by atoms with E-state index < -0.39 is 57.5 Å². The van der Waals surface area contributed by atoms with E-state index in [1.165, 1.54) is 16.8 Å². The molecule has 0 bridgehead atoms. The number of carbonyl (C=O) groups excluding carboxylic acids is 2. The Morgan fingerprint density at radius 1 is 1.16 bits per heavy atom. The van der Waals surface area contributed by atoms with Crippen LogP contribution in [-0.2, 0) is 27.8 Å². The third-order valence-corrected chi connectivity index (χ3v) is 9.69. The summed E-state index contributed by atoms with van der Waals surface area (Å²) in [4.78, 5) is 24.2. The van der Waals surface area contributed by atoms with Crippen LogP contribution in [0.15, 0.2) is 18.2 Å². The van der Waals surface area contributed by atoms with Crippen molar-refractivity contribution in [3.8, 4) is 17.0 Å². The van der Waals surface area contributed by atoms with Crippen LogP contribution in [0, 0.1) is 11.3 Å². The Labute approximate surface area is 251 Å². The first kappa shape index (κ1) is 34.5. The van der Waals surface area contributed by atoms with Gasteiger partial charge in [0.1, 0.15) is 5.75 Å². The molecule has 16 heteroatoms. The van der Waals surface area contributed by atoms with Crippen molar-refractivity contribution in [2.24, 2.45) is 11.3 Å². The van der Waals surface area contributed by atoms with Crippen LogP contribution in [0.25, 0.3) is 11.3 Å². The number of aryl methyl sites for hydroxylation is 1. The van der Waals surface area contributed by atoms with Gasteiger partial charge in [0.15, 0.2) is 5.69 Å². The van der Waals surface area contributed by atoms with Crippen molar-refractivity contribution in [3.63, 3.8) is 0 Å². The fraction of sp³-hybridized carbons (Fsp3) is 0.593. The summed E-state index contributed by atoms with van der Waals surface area (Å²) in [7, 11) is -3.77. The van der Waals surface area contributed by atoms with Crippen molar-refractivity contribution >= 4 is 33.4 Å². The molecule has 1 aromatic heterocycles. The highest BCUT2D eigenvalue weighted by Crippen LogP contribution is 2.43. The number of aromatic nitrogens is 2. The molecule has 9 nitrogen and oxygen atoms in total. The predicted octanol–water partition coefficient (Wildman–Crippen LogP) is 5.71. The SMILES string of the molecule is CCn1nc(C(=O)NC[C@H]2CC[C@H](S(=O)(=O)NC(C)=O)CC2)c(Cl)c1-c1ccc(CC(C)(C)C(F)(F)F)cc1OC(F)F. The maximum absolute atomic E-state index is 13.4. The number of carbonyl (C=O) groups is 2. The molecule has 43 heavy (non-hydrogen) atoms. The van der Waals surface area contributed by atoms with Crippen LogP contribution < -0.4 is 14.8 Å². The van der Waals surface area contributed by atoms with Gasteiger partial charge in [-0.3, -0.25) is 19.0 Å². The van der Waals surface area contributed by atoms with Crippen LogP contribution >= 0.6 is 11.6 Å². The quantitative estimate of drug-likeness (QED) is 0.299. The standard InChI is InChI=1S/C27H34ClF5N4O5S/c1-5-37-23(19-11-8-17(12-20(19)42-25(29)30)13-26(3,4)27(31,32)33)21(28)22(35-37)24(39)34-14-16-6-9-18(10-7-16)43(40,41)36-15(2)38/h8,11-12,16,18,25H,5-7,9-10,13-14H2,1-4H3,(H,34,39)(H,36,38)/t16-,18-. The van der Waals surface area contributed by atoms with Gasteiger partial charge in [0.2, 0.25) is 15.9 Å². The van der Waals surface area contributed by atoms with E-state index in [-0.39, 0.29) is 46.5 Å². The van der Waals surface area contributed by atoms with Gasteiger partial charge in [-0.15, -0.1) is 0 Å². The number of halogens is 6. The maximum Gasteiger partial charge on any atom is 0.394 e. The smallest absolute Gasteiger partial charge is 0.394 e. The van der Waals surface area contributed by atoms with Gasteiger partial charge in [0.25, 0.3) is 5.91 Å². The molecule has 1 aliphatic rings. The number of alkyl halides is 5. The van der Waals surface area contributed by atoms with Gasteiger partial charge in [0, 0.05) is 25.6 Å². The fourth-order valence-electron chi connectivity index (χ4n) is 5.00. The summed E-state index contributed by atoms with van der Waals surface area (Å²) in [6.45, 7) is 1.88. The molecule has 1 heterocycles. The molecule has 2 amide bonds. The highest BCUT2D eigenvalue weighted by molar-refractivity contribution is 7.90. The zero-order valence-electron chi connectivity index (χ0n) is 24.0. The summed E-state index contributed by atoms with van der Waals surface area (Å²) in [5.41, 5.74) is -2.12. The number of sulfonamides is 1. The lowest BCUT2D eigenvalue weighted by Gasteiger charge is -2.28. The number of amides is 2. The van der Waals surface area contributed by atoms with E-state index in [4.69, 9.17) is 11.6 Å². The number of hydrogen-bond donors (Lipinski definition) is 2. The Kier molecular flexibility index (Phi) is 10.7. The lowest BCUT2D eigenvalue weighted by atomic mass is 9.84. The van der Waals surface area contributed by atoms with Crippen molar-refractivity contribution in [1.82, 2.24) is 19.8 Å². The lowest BCUT2D eigenvalue weighted by Crippen LogP contribution is -2.40. The number of benzene rings is 1. The molecule has 2 N–H and O–H groups in total. The van der Waals surface area contributed by atoms with E-state index in [9.17, 15) is 40.0 Å². The number of ether oxygens (including phenoxy) is 1. The van der Waals surface area contributed by atoms with Crippen molar-refractivity contribution in [1.29, 1.82) is 0 Å². The molecule has 0 spiro atoms. The minimum absolute atomic E-state index is 0.0194. The van der Waals surface area contributed by atoms with E-state index in [2.05, 4.69) is 15.2 Å². The van der Waals surface area contributed by atoms with Crippen LogP contribution in [0.1, 0.15) is 69.4 Å². The fourth-order valence-corrected chi connectivity index (χ4v) is 6.78. The van der Waals surface area contributed by atoms with Crippen LogP contribution in [0.4, 0.5) is 22.0 Å². The van der Waals surface area contributed by atoms with E-state index in [1.54, 1.807) is 6.92 Å². The summed E-state index contributed by atoms with van der Waals surface area (Å²) in [6.07, 6.45) is -3.45. The van der Waals surface area contributed by atoms with Crippen molar-refractivity contribution in [2.45, 2.75) is 84.4 Å². The van der Waals surface area contributed by atoms with Crippen LogP contribution in [0.5, 0.6) is 5.75 Å². The van der Waals surface area contributed by atoms with Gasteiger partial charge < -0.3 is 10.1 Å². The zero-order valence-corrected chi connectivity index (χ0v) is 25.6. The third-order valence-electron chi connectivity index (χ3n) is 7.41. The normalized spacial score (nSPS) is 18.0. The molecule has 1 saturated carbocycles. The third kappa shape index (κ3) is 8.37. The highest BCUT2D eigenvalue weighted by atomic mass is 35.5. The number of rotatable bonds is 11. The van der Waals surface area contributed by atoms with Gasteiger partial charge >= 0.3 is 12.8 Å². The summed E-state index contributed by atoms with van der Waals surface area (Å²) >= 11 is 6.55. The molecule has 1 aliphatic carbocycles. The average Bonchev–Trinajstić information content (AvgIpc) is 3.21. The van der Waals surface area contributed by atoms with Gasteiger partial charge in [-0.05, 0) is 62.6 Å². The second kappa shape index (κ2) is 13.4. The van der Waals surface area contributed by atoms with Crippen molar-refractivity contribution in [3.05, 3.63) is 34.5 Å². The molecular formula is C27H34ClF5N4O5S. The topological polar surface area (TPSA) is 119 Å². The molecular weight excluding hydrogens is 623 g/mol. The molecule has 1 fully saturated rings. The molecule has 0 aliphatic heterocycles. The minimum Gasteiger partial charge on any atom is -0.434 e. The Morgan fingerprint density at radius 3 is 2.33 bits per heavy atom. The number of nitrogens with zero attached hydrogens (tertiary/aromatic N) is 2. The Balaban J connectivity index is 1.80.